The fraction of sp³-hybridized carbons (Fsp3) is 0.143. The third-order valence-electron chi connectivity index (χ3n) is 2.89. The average Bonchev–Trinajstić information content (AvgIpc) is 2.41. The normalized spacial score (nSPS) is 10.3. The highest BCUT2D eigenvalue weighted by Crippen LogP contribution is 2.25. The van der Waals surface area contributed by atoms with Crippen molar-refractivity contribution in [2.45, 2.75) is 6.92 Å². The Morgan fingerprint density at radius 3 is 2.74 bits per heavy atom. The summed E-state index contributed by atoms with van der Waals surface area (Å²) in [6, 6.07) is 9.83. The lowest BCUT2D eigenvalue weighted by molar-refractivity contribution is 1.11. The summed E-state index contributed by atoms with van der Waals surface area (Å²) in [4.78, 5) is 6.80. The van der Waals surface area contributed by atoms with Crippen molar-refractivity contribution < 1.29 is 0 Å². The van der Waals surface area contributed by atoms with Crippen molar-refractivity contribution in [1.29, 1.82) is 0 Å². The second kappa shape index (κ2) is 5.67. The molecule has 1 aromatic heterocycles. The Balaban J connectivity index is 2.37. The number of hydrogen-bond acceptors (Lipinski definition) is 3. The van der Waals surface area contributed by atoms with E-state index in [1.807, 2.05) is 49.2 Å². The van der Waals surface area contributed by atoms with Gasteiger partial charge in [-0.1, -0.05) is 24.4 Å². The van der Waals surface area contributed by atoms with Crippen LogP contribution in [-0.2, 0) is 0 Å². The van der Waals surface area contributed by atoms with Gasteiger partial charge < -0.3 is 10.6 Å². The SMILES string of the molecule is Cc1cc(N(C)c2cccc(C(N)=S)c2)ncc1Br. The van der Waals surface area contributed by atoms with Gasteiger partial charge in [0.2, 0.25) is 0 Å². The molecule has 0 aliphatic rings. The second-order valence-corrected chi connectivity index (χ2v) is 5.56. The van der Waals surface area contributed by atoms with Crippen molar-refractivity contribution in [3.63, 3.8) is 0 Å². The number of benzene rings is 1. The van der Waals surface area contributed by atoms with Gasteiger partial charge in [0.15, 0.2) is 0 Å². The molecule has 1 aromatic carbocycles. The Morgan fingerprint density at radius 2 is 2.11 bits per heavy atom. The number of anilines is 2. The van der Waals surface area contributed by atoms with E-state index in [0.717, 1.165) is 27.1 Å². The molecule has 2 rings (SSSR count). The first-order valence-corrected chi connectivity index (χ1v) is 6.95. The van der Waals surface area contributed by atoms with Gasteiger partial charge in [0.05, 0.1) is 0 Å². The Kier molecular flexibility index (Phi) is 4.17. The number of aryl methyl sites for hydroxylation is 1. The molecule has 0 unspecified atom stereocenters. The van der Waals surface area contributed by atoms with Crippen LogP contribution < -0.4 is 10.6 Å². The van der Waals surface area contributed by atoms with Crippen molar-refractivity contribution >= 4 is 44.6 Å². The molecular formula is C14H14BrN3S. The molecule has 0 aliphatic carbocycles. The summed E-state index contributed by atoms with van der Waals surface area (Å²) in [5.74, 6) is 0.876. The summed E-state index contributed by atoms with van der Waals surface area (Å²) in [7, 11) is 1.97. The van der Waals surface area contributed by atoms with E-state index >= 15 is 0 Å². The van der Waals surface area contributed by atoms with E-state index in [2.05, 4.69) is 20.9 Å². The standard InChI is InChI=1S/C14H14BrN3S/c1-9-6-13(17-8-12(9)15)18(2)11-5-3-4-10(7-11)14(16)19/h3-8H,1-2H3,(H2,16,19). The van der Waals surface area contributed by atoms with Gasteiger partial charge in [-0.25, -0.2) is 4.98 Å². The average molecular weight is 336 g/mol. The first-order chi connectivity index (χ1) is 8.99. The van der Waals surface area contributed by atoms with E-state index in [4.69, 9.17) is 18.0 Å². The van der Waals surface area contributed by atoms with Gasteiger partial charge in [-0.3, -0.25) is 0 Å². The Bertz CT molecular complexity index is 628. The highest BCUT2D eigenvalue weighted by atomic mass is 79.9. The highest BCUT2D eigenvalue weighted by Gasteiger charge is 2.08. The number of pyridine rings is 1. The lowest BCUT2D eigenvalue weighted by Gasteiger charge is -2.19. The van der Waals surface area contributed by atoms with Crippen LogP contribution in [0.1, 0.15) is 11.1 Å². The molecule has 19 heavy (non-hydrogen) atoms. The second-order valence-electron chi connectivity index (χ2n) is 4.27. The quantitative estimate of drug-likeness (QED) is 0.871. The predicted octanol–water partition coefficient (Wildman–Crippen LogP) is 3.55. The van der Waals surface area contributed by atoms with Crippen LogP contribution in [0.3, 0.4) is 0 Å². The van der Waals surface area contributed by atoms with Crippen LogP contribution in [-0.4, -0.2) is 17.0 Å². The molecule has 98 valence electrons. The van der Waals surface area contributed by atoms with Crippen LogP contribution in [0, 0.1) is 6.92 Å². The van der Waals surface area contributed by atoms with E-state index in [-0.39, 0.29) is 0 Å². The maximum absolute atomic E-state index is 5.66. The van der Waals surface area contributed by atoms with Crippen molar-refractivity contribution in [2.75, 3.05) is 11.9 Å². The zero-order valence-corrected chi connectivity index (χ0v) is 13.1. The lowest BCUT2D eigenvalue weighted by atomic mass is 10.2. The highest BCUT2D eigenvalue weighted by molar-refractivity contribution is 9.10. The Labute approximate surface area is 126 Å². The third-order valence-corrected chi connectivity index (χ3v) is 3.96. The van der Waals surface area contributed by atoms with E-state index < -0.39 is 0 Å². The molecule has 0 fully saturated rings. The molecule has 0 bridgehead atoms. The van der Waals surface area contributed by atoms with Crippen molar-refractivity contribution in [2.24, 2.45) is 5.73 Å². The molecule has 0 saturated carbocycles. The number of nitrogens with zero attached hydrogens (tertiary/aromatic N) is 2. The molecule has 0 atom stereocenters. The van der Waals surface area contributed by atoms with Crippen LogP contribution in [0.15, 0.2) is 41.0 Å². The molecule has 2 N–H and O–H groups in total. The zero-order chi connectivity index (χ0) is 14.0. The largest absolute Gasteiger partial charge is 0.389 e. The summed E-state index contributed by atoms with van der Waals surface area (Å²) in [5.41, 5.74) is 8.65. The smallest absolute Gasteiger partial charge is 0.132 e. The van der Waals surface area contributed by atoms with Crippen molar-refractivity contribution in [3.8, 4) is 0 Å². The van der Waals surface area contributed by atoms with E-state index in [9.17, 15) is 0 Å². The maximum Gasteiger partial charge on any atom is 0.132 e. The Hall–Kier alpha value is -1.46. The third kappa shape index (κ3) is 3.11. The van der Waals surface area contributed by atoms with Gasteiger partial charge in [0, 0.05) is 29.0 Å². The van der Waals surface area contributed by atoms with Crippen LogP contribution in [0.5, 0.6) is 0 Å². The molecule has 0 spiro atoms. The minimum absolute atomic E-state index is 0.398. The summed E-state index contributed by atoms with van der Waals surface area (Å²) in [6.45, 7) is 2.04. The van der Waals surface area contributed by atoms with Gasteiger partial charge in [0.25, 0.3) is 0 Å². The summed E-state index contributed by atoms with van der Waals surface area (Å²) in [6.07, 6.45) is 1.80. The summed E-state index contributed by atoms with van der Waals surface area (Å²) < 4.78 is 1.00. The molecule has 5 heteroatoms. The topological polar surface area (TPSA) is 42.1 Å². The monoisotopic (exact) mass is 335 g/mol. The van der Waals surface area contributed by atoms with Crippen LogP contribution in [0.25, 0.3) is 0 Å². The fourth-order valence-corrected chi connectivity index (χ4v) is 2.05. The van der Waals surface area contributed by atoms with Crippen molar-refractivity contribution in [1.82, 2.24) is 4.98 Å². The number of rotatable bonds is 3. The zero-order valence-electron chi connectivity index (χ0n) is 10.7. The number of hydrogen-bond donors (Lipinski definition) is 1. The maximum atomic E-state index is 5.66. The van der Waals surface area contributed by atoms with Gasteiger partial charge >= 0.3 is 0 Å². The van der Waals surface area contributed by atoms with E-state index in [1.54, 1.807) is 6.20 Å². The molecule has 2 aromatic rings. The van der Waals surface area contributed by atoms with Crippen LogP contribution in [0.2, 0.25) is 0 Å². The van der Waals surface area contributed by atoms with Gasteiger partial charge in [-0.15, -0.1) is 0 Å². The summed E-state index contributed by atoms with van der Waals surface area (Å²) >= 11 is 8.45. The molecule has 0 saturated heterocycles. The van der Waals surface area contributed by atoms with Gasteiger partial charge in [-0.05, 0) is 46.6 Å². The molecule has 0 radical (unpaired) electrons. The van der Waals surface area contributed by atoms with Crippen LogP contribution >= 0.6 is 28.1 Å². The number of thiocarbonyl (C=S) groups is 1. The van der Waals surface area contributed by atoms with Crippen LogP contribution in [0.4, 0.5) is 11.5 Å². The van der Waals surface area contributed by atoms with Crippen molar-refractivity contribution in [3.05, 3.63) is 52.1 Å². The summed E-state index contributed by atoms with van der Waals surface area (Å²) in [5, 5.41) is 0. The molecule has 0 aliphatic heterocycles. The predicted molar refractivity (Wildman–Crippen MR) is 87.1 cm³/mol. The molecule has 3 nitrogen and oxygen atoms in total. The van der Waals surface area contributed by atoms with E-state index in [0.29, 0.717) is 4.99 Å². The lowest BCUT2D eigenvalue weighted by Crippen LogP contribution is -2.14. The number of aromatic nitrogens is 1. The van der Waals surface area contributed by atoms with Gasteiger partial charge in [0.1, 0.15) is 10.8 Å². The van der Waals surface area contributed by atoms with E-state index in [1.165, 1.54) is 0 Å². The fourth-order valence-electron chi connectivity index (χ4n) is 1.71. The molecular weight excluding hydrogens is 322 g/mol. The Morgan fingerprint density at radius 1 is 1.37 bits per heavy atom. The molecule has 0 amide bonds. The van der Waals surface area contributed by atoms with Gasteiger partial charge in [-0.2, -0.15) is 0 Å². The first kappa shape index (κ1) is 14.0. The number of halogens is 1. The first-order valence-electron chi connectivity index (χ1n) is 5.75. The minimum Gasteiger partial charge on any atom is -0.389 e. The number of nitrogens with two attached hydrogens (primary N) is 1. The minimum atomic E-state index is 0.398. The molecule has 1 heterocycles.